The van der Waals surface area contributed by atoms with Gasteiger partial charge >= 0.3 is 10.2 Å². The molecule has 0 radical (unpaired) electrons. The number of amides is 1. The van der Waals surface area contributed by atoms with Crippen molar-refractivity contribution in [2.24, 2.45) is 4.40 Å². The average Bonchev–Trinajstić information content (AvgIpc) is 2.77. The van der Waals surface area contributed by atoms with E-state index in [1.54, 1.807) is 37.3 Å². The molecule has 0 atom stereocenters. The molecule has 0 unspecified atom stereocenters. The van der Waals surface area contributed by atoms with Crippen molar-refractivity contribution in [3.63, 3.8) is 0 Å². The van der Waals surface area contributed by atoms with Gasteiger partial charge in [-0.05, 0) is 49.4 Å². The quantitative estimate of drug-likeness (QED) is 0.653. The smallest absolute Gasteiger partial charge is 0.345 e. The molecule has 11 heteroatoms. The van der Waals surface area contributed by atoms with Crippen molar-refractivity contribution >= 4 is 39.1 Å². The summed E-state index contributed by atoms with van der Waals surface area (Å²) in [6, 6.07) is 9.55. The van der Waals surface area contributed by atoms with Crippen LogP contribution in [-0.4, -0.2) is 52.2 Å². The molecule has 2 aromatic rings. The van der Waals surface area contributed by atoms with E-state index < -0.39 is 16.1 Å². The first kappa shape index (κ1) is 23.4. The molecule has 0 fully saturated rings. The first-order valence-electron chi connectivity index (χ1n) is 9.45. The second-order valence-electron chi connectivity index (χ2n) is 6.52. The summed E-state index contributed by atoms with van der Waals surface area (Å²) in [4.78, 5) is 13.0. The van der Waals surface area contributed by atoms with Crippen molar-refractivity contribution < 1.29 is 27.4 Å². The topological polar surface area (TPSA) is 107 Å². The molecule has 0 saturated heterocycles. The summed E-state index contributed by atoms with van der Waals surface area (Å²) < 4.78 is 46.0. The maximum absolute atomic E-state index is 13.0. The molecule has 2 aromatic carbocycles. The van der Waals surface area contributed by atoms with Crippen LogP contribution < -0.4 is 19.5 Å². The third kappa shape index (κ3) is 4.66. The zero-order valence-corrected chi connectivity index (χ0v) is 19.5. The van der Waals surface area contributed by atoms with Crippen LogP contribution in [0.3, 0.4) is 0 Å². The minimum Gasteiger partial charge on any atom is -0.495 e. The normalized spacial score (nSPS) is 14.8. The maximum Gasteiger partial charge on any atom is 0.345 e. The van der Waals surface area contributed by atoms with E-state index in [0.717, 1.165) is 4.31 Å². The fraction of sp³-hybridized carbons (Fsp3) is 0.238. The van der Waals surface area contributed by atoms with Crippen LogP contribution in [0.15, 0.2) is 52.6 Å². The second-order valence-corrected chi connectivity index (χ2v) is 8.45. The van der Waals surface area contributed by atoms with Crippen LogP contribution in [0.2, 0.25) is 5.02 Å². The van der Waals surface area contributed by atoms with Gasteiger partial charge in [-0.25, -0.2) is 4.31 Å². The minimum absolute atomic E-state index is 0.0215. The lowest BCUT2D eigenvalue weighted by molar-refractivity contribution is -0.113. The number of benzene rings is 2. The van der Waals surface area contributed by atoms with Crippen LogP contribution in [0.1, 0.15) is 12.5 Å². The molecule has 0 aromatic heterocycles. The SMILES string of the molecule is CCN1C(C(=O)Nc2ccc(OC)c(Cl)c2)=CC(c2ccc(OC)c(OC)c2)=NS1(=O)=O. The fourth-order valence-corrected chi connectivity index (χ4v) is 4.58. The van der Waals surface area contributed by atoms with E-state index in [2.05, 4.69) is 9.71 Å². The van der Waals surface area contributed by atoms with E-state index in [9.17, 15) is 13.2 Å². The molecule has 1 aliphatic heterocycles. The highest BCUT2D eigenvalue weighted by Crippen LogP contribution is 2.31. The number of hydrogen-bond acceptors (Lipinski definition) is 6. The molecule has 1 aliphatic rings. The number of hydrogen-bond donors (Lipinski definition) is 1. The molecule has 1 N–H and O–H groups in total. The molecule has 0 saturated carbocycles. The van der Waals surface area contributed by atoms with E-state index in [4.69, 9.17) is 25.8 Å². The molecule has 32 heavy (non-hydrogen) atoms. The lowest BCUT2D eigenvalue weighted by atomic mass is 10.1. The number of methoxy groups -OCH3 is 3. The van der Waals surface area contributed by atoms with E-state index >= 15 is 0 Å². The van der Waals surface area contributed by atoms with Crippen LogP contribution in [0, 0.1) is 0 Å². The number of allylic oxidation sites excluding steroid dienone is 1. The van der Waals surface area contributed by atoms with E-state index in [1.165, 1.54) is 33.5 Å². The number of ether oxygens (including phenoxy) is 3. The molecular formula is C21H22ClN3O6S. The minimum atomic E-state index is -4.14. The largest absolute Gasteiger partial charge is 0.495 e. The number of likely N-dealkylation sites (N-methyl/N-ethyl adjacent to an activating group) is 1. The van der Waals surface area contributed by atoms with Crippen LogP contribution in [0.25, 0.3) is 0 Å². The maximum atomic E-state index is 13.0. The standard InChI is InChI=1S/C21H22ClN3O6S/c1-5-25-17(21(26)23-14-7-9-18(29-2)15(22)11-14)12-16(24-32(25,27)28)13-6-8-19(30-3)20(10-13)31-4/h6-12H,5H2,1-4H3,(H,23,26). The van der Waals surface area contributed by atoms with Crippen molar-refractivity contribution in [3.05, 3.63) is 58.8 Å². The van der Waals surface area contributed by atoms with Gasteiger partial charge in [-0.1, -0.05) is 11.6 Å². The number of anilines is 1. The third-order valence-electron chi connectivity index (χ3n) is 4.64. The zero-order chi connectivity index (χ0) is 23.5. The van der Waals surface area contributed by atoms with E-state index in [-0.39, 0.29) is 18.0 Å². The predicted octanol–water partition coefficient (Wildman–Crippen LogP) is 3.26. The highest BCUT2D eigenvalue weighted by atomic mass is 35.5. The number of rotatable bonds is 7. The highest BCUT2D eigenvalue weighted by molar-refractivity contribution is 7.88. The molecule has 9 nitrogen and oxygen atoms in total. The van der Waals surface area contributed by atoms with Crippen LogP contribution in [0.4, 0.5) is 5.69 Å². The Morgan fingerprint density at radius 3 is 2.28 bits per heavy atom. The Morgan fingerprint density at radius 1 is 1.03 bits per heavy atom. The van der Waals surface area contributed by atoms with Crippen molar-refractivity contribution in [1.82, 2.24) is 4.31 Å². The Hall–Kier alpha value is -3.24. The number of nitrogens with zero attached hydrogens (tertiary/aromatic N) is 2. The monoisotopic (exact) mass is 479 g/mol. The molecule has 3 rings (SSSR count). The summed E-state index contributed by atoms with van der Waals surface area (Å²) in [6.07, 6.45) is 1.41. The third-order valence-corrected chi connectivity index (χ3v) is 6.38. The Balaban J connectivity index is 2.01. The zero-order valence-electron chi connectivity index (χ0n) is 17.9. The molecule has 170 valence electrons. The average molecular weight is 480 g/mol. The van der Waals surface area contributed by atoms with Crippen molar-refractivity contribution in [2.45, 2.75) is 6.92 Å². The van der Waals surface area contributed by atoms with Gasteiger partial charge in [-0.2, -0.15) is 8.42 Å². The van der Waals surface area contributed by atoms with Gasteiger partial charge in [-0.15, -0.1) is 4.40 Å². The van der Waals surface area contributed by atoms with Gasteiger partial charge in [-0.3, -0.25) is 4.79 Å². The van der Waals surface area contributed by atoms with Crippen molar-refractivity contribution in [2.75, 3.05) is 33.2 Å². The van der Waals surface area contributed by atoms with Crippen LogP contribution >= 0.6 is 11.6 Å². The summed E-state index contributed by atoms with van der Waals surface area (Å²) in [5.41, 5.74) is 0.831. The van der Waals surface area contributed by atoms with Gasteiger partial charge < -0.3 is 19.5 Å². The van der Waals surface area contributed by atoms with E-state index in [0.29, 0.717) is 33.5 Å². The summed E-state index contributed by atoms with van der Waals surface area (Å²) in [7, 11) is 0.300. The summed E-state index contributed by atoms with van der Waals surface area (Å²) in [6.45, 7) is 1.63. The molecule has 0 spiro atoms. The van der Waals surface area contributed by atoms with Gasteiger partial charge in [0.2, 0.25) is 0 Å². The van der Waals surface area contributed by atoms with Gasteiger partial charge in [0, 0.05) is 17.8 Å². The first-order chi connectivity index (χ1) is 15.2. The van der Waals surface area contributed by atoms with Gasteiger partial charge in [0.15, 0.2) is 11.5 Å². The van der Waals surface area contributed by atoms with Crippen LogP contribution in [-0.2, 0) is 15.0 Å². The lowest BCUT2D eigenvalue weighted by Crippen LogP contribution is -2.38. The number of nitrogens with one attached hydrogen (secondary N) is 1. The number of carbonyl (C=O) groups excluding carboxylic acids is 1. The molecule has 1 heterocycles. The Bertz CT molecular complexity index is 1210. The molecular weight excluding hydrogens is 458 g/mol. The molecule has 0 bridgehead atoms. The molecule has 1 amide bonds. The molecule has 0 aliphatic carbocycles. The fourth-order valence-electron chi connectivity index (χ4n) is 3.11. The summed E-state index contributed by atoms with van der Waals surface area (Å²) in [5, 5.41) is 2.97. The van der Waals surface area contributed by atoms with Crippen molar-refractivity contribution in [1.29, 1.82) is 0 Å². The Morgan fingerprint density at radius 2 is 1.69 bits per heavy atom. The van der Waals surface area contributed by atoms with Gasteiger partial charge in [0.1, 0.15) is 11.4 Å². The van der Waals surface area contributed by atoms with E-state index in [1.807, 2.05) is 0 Å². The lowest BCUT2D eigenvalue weighted by Gasteiger charge is -2.26. The highest BCUT2D eigenvalue weighted by Gasteiger charge is 2.32. The van der Waals surface area contributed by atoms with Crippen LogP contribution in [0.5, 0.6) is 17.2 Å². The van der Waals surface area contributed by atoms with Gasteiger partial charge in [0.05, 0.1) is 32.1 Å². The Kier molecular flexibility index (Phi) is 6.95. The number of carbonyl (C=O) groups is 1. The summed E-state index contributed by atoms with van der Waals surface area (Å²) >= 11 is 6.12. The first-order valence-corrected chi connectivity index (χ1v) is 11.2. The predicted molar refractivity (Wildman–Crippen MR) is 122 cm³/mol. The summed E-state index contributed by atoms with van der Waals surface area (Å²) in [5.74, 6) is 0.686. The van der Waals surface area contributed by atoms with Crippen molar-refractivity contribution in [3.8, 4) is 17.2 Å². The Labute approximate surface area is 191 Å². The number of halogens is 1. The second kappa shape index (κ2) is 9.49. The van der Waals surface area contributed by atoms with Gasteiger partial charge in [0.25, 0.3) is 5.91 Å².